The molecule has 0 aromatic carbocycles. The van der Waals surface area contributed by atoms with Crippen LogP contribution >= 0.6 is 11.3 Å². The van der Waals surface area contributed by atoms with E-state index in [1.165, 1.54) is 6.42 Å². The second-order valence-corrected chi connectivity index (χ2v) is 7.84. The maximum Gasteiger partial charge on any atom is 0.206 e. The van der Waals surface area contributed by atoms with Gasteiger partial charge in [-0.2, -0.15) is 5.26 Å². The maximum atomic E-state index is 9.55. The van der Waals surface area contributed by atoms with Crippen molar-refractivity contribution in [2.75, 3.05) is 19.6 Å². The highest BCUT2D eigenvalue weighted by molar-refractivity contribution is 7.08. The molecule has 0 radical (unpaired) electrons. The van der Waals surface area contributed by atoms with Crippen LogP contribution in [0.15, 0.2) is 70.6 Å². The number of nitriles is 1. The number of rotatable bonds is 7. The minimum atomic E-state index is 0.558. The minimum absolute atomic E-state index is 0.558. The van der Waals surface area contributed by atoms with Crippen LogP contribution in [0.4, 0.5) is 5.69 Å². The first-order chi connectivity index (χ1) is 14.0. The van der Waals surface area contributed by atoms with E-state index < -0.39 is 0 Å². The van der Waals surface area contributed by atoms with Crippen LogP contribution in [0.1, 0.15) is 38.7 Å². The zero-order chi connectivity index (χ0) is 21.2. The normalized spacial score (nSPS) is 15.6. The quantitative estimate of drug-likeness (QED) is 0.231. The lowest BCUT2D eigenvalue weighted by Crippen LogP contribution is -2.46. The average Bonchev–Trinajstić information content (AvgIpc) is 3.18. The average molecular weight is 407 g/mol. The standard InChI is InChI=1S/C24H30N4S/c1-6-8-12-22(15-25)20(5)16-28(19(3)4)24(27-13-10-9-11-14-27)26-23-18-29-17-21(23)7-2/h6-8,12,17-18H,1-3,9-11,13-14,16H2,4-5H3/b12-8-,22-20-,26-24-. The van der Waals surface area contributed by atoms with Crippen LogP contribution in [0.3, 0.4) is 0 Å². The van der Waals surface area contributed by atoms with E-state index in [0.29, 0.717) is 12.1 Å². The van der Waals surface area contributed by atoms with Gasteiger partial charge >= 0.3 is 0 Å². The molecule has 1 aliphatic heterocycles. The number of thiophene rings is 1. The first-order valence-corrected chi connectivity index (χ1v) is 10.8. The zero-order valence-corrected chi connectivity index (χ0v) is 18.3. The fourth-order valence-electron chi connectivity index (χ4n) is 3.19. The first-order valence-electron chi connectivity index (χ1n) is 9.86. The van der Waals surface area contributed by atoms with Gasteiger partial charge in [0, 0.05) is 41.7 Å². The number of allylic oxidation sites excluding steroid dienone is 5. The molecule has 1 saturated heterocycles. The van der Waals surface area contributed by atoms with Gasteiger partial charge in [0.25, 0.3) is 0 Å². The van der Waals surface area contributed by atoms with E-state index in [1.807, 2.05) is 25.3 Å². The predicted molar refractivity (Wildman–Crippen MR) is 126 cm³/mol. The number of guanidine groups is 1. The highest BCUT2D eigenvalue weighted by Gasteiger charge is 2.23. The number of piperidine rings is 1. The van der Waals surface area contributed by atoms with Crippen LogP contribution in [0, 0.1) is 11.3 Å². The smallest absolute Gasteiger partial charge is 0.206 e. The molecule has 5 heteroatoms. The molecular weight excluding hydrogens is 376 g/mol. The summed E-state index contributed by atoms with van der Waals surface area (Å²) >= 11 is 1.62. The summed E-state index contributed by atoms with van der Waals surface area (Å²) in [6.45, 7) is 18.3. The van der Waals surface area contributed by atoms with Gasteiger partial charge in [-0.25, -0.2) is 4.99 Å². The summed E-state index contributed by atoms with van der Waals surface area (Å²) in [5.74, 6) is 0.892. The van der Waals surface area contributed by atoms with E-state index in [-0.39, 0.29) is 0 Å². The summed E-state index contributed by atoms with van der Waals surface area (Å²) < 4.78 is 0. The molecule has 4 nitrogen and oxygen atoms in total. The molecule has 0 unspecified atom stereocenters. The molecule has 2 heterocycles. The SMILES string of the molecule is C=C/C=C\C(C#N)=C(/C)CN(C(=C)C)/C(=N\c1cscc1C=C)N1CCCCC1. The predicted octanol–water partition coefficient (Wildman–Crippen LogP) is 6.28. The van der Waals surface area contributed by atoms with Gasteiger partial charge in [-0.15, -0.1) is 11.3 Å². The largest absolute Gasteiger partial charge is 0.342 e. The summed E-state index contributed by atoms with van der Waals surface area (Å²) in [6.07, 6.45) is 10.7. The van der Waals surface area contributed by atoms with Gasteiger partial charge in [-0.3, -0.25) is 0 Å². The second-order valence-electron chi connectivity index (χ2n) is 7.10. The molecule has 0 spiro atoms. The van der Waals surface area contributed by atoms with E-state index in [1.54, 1.807) is 29.6 Å². The third kappa shape index (κ3) is 6.07. The molecule has 29 heavy (non-hydrogen) atoms. The van der Waals surface area contributed by atoms with Gasteiger partial charge in [0.2, 0.25) is 5.96 Å². The summed E-state index contributed by atoms with van der Waals surface area (Å²) in [4.78, 5) is 9.49. The van der Waals surface area contributed by atoms with Crippen molar-refractivity contribution in [2.24, 2.45) is 4.99 Å². The summed E-state index contributed by atoms with van der Waals surface area (Å²) in [6, 6.07) is 2.29. The molecule has 1 aromatic heterocycles. The Morgan fingerprint density at radius 1 is 1.28 bits per heavy atom. The lowest BCUT2D eigenvalue weighted by Gasteiger charge is -2.37. The van der Waals surface area contributed by atoms with Gasteiger partial charge < -0.3 is 9.80 Å². The molecule has 152 valence electrons. The fourth-order valence-corrected chi connectivity index (χ4v) is 3.93. The molecular formula is C24H30N4S. The molecule has 1 aliphatic rings. The van der Waals surface area contributed by atoms with Crippen molar-refractivity contribution < 1.29 is 0 Å². The Balaban J connectivity index is 2.49. The van der Waals surface area contributed by atoms with E-state index in [2.05, 4.69) is 41.0 Å². The van der Waals surface area contributed by atoms with Gasteiger partial charge in [0.15, 0.2) is 0 Å². The van der Waals surface area contributed by atoms with E-state index in [9.17, 15) is 5.26 Å². The number of hydrogen-bond donors (Lipinski definition) is 0. The van der Waals surface area contributed by atoms with Crippen molar-refractivity contribution in [2.45, 2.75) is 33.1 Å². The molecule has 0 aliphatic carbocycles. The highest BCUT2D eigenvalue weighted by atomic mass is 32.1. The lowest BCUT2D eigenvalue weighted by atomic mass is 10.1. The Hall–Kier alpha value is -2.84. The number of aliphatic imine (C=N–C) groups is 1. The van der Waals surface area contributed by atoms with Crippen LogP contribution in [-0.2, 0) is 0 Å². The summed E-state index contributed by atoms with van der Waals surface area (Å²) in [5, 5.41) is 13.7. The molecule has 1 fully saturated rings. The molecule has 0 amide bonds. The molecule has 0 bridgehead atoms. The van der Waals surface area contributed by atoms with Crippen molar-refractivity contribution in [3.05, 3.63) is 71.1 Å². The third-order valence-corrected chi connectivity index (χ3v) is 5.58. The Labute approximate surface area is 179 Å². The van der Waals surface area contributed by atoms with Crippen LogP contribution in [0.5, 0.6) is 0 Å². The summed E-state index contributed by atoms with van der Waals surface area (Å²) in [5.41, 5.74) is 4.45. The van der Waals surface area contributed by atoms with E-state index in [4.69, 9.17) is 4.99 Å². The van der Waals surface area contributed by atoms with Crippen LogP contribution < -0.4 is 0 Å². The van der Waals surface area contributed by atoms with E-state index >= 15 is 0 Å². The molecule has 0 saturated carbocycles. The van der Waals surface area contributed by atoms with E-state index in [0.717, 1.165) is 54.4 Å². The topological polar surface area (TPSA) is 42.6 Å². The molecule has 1 aromatic rings. The lowest BCUT2D eigenvalue weighted by molar-refractivity contribution is 0.304. The van der Waals surface area contributed by atoms with Crippen molar-refractivity contribution in [3.8, 4) is 6.07 Å². The molecule has 0 atom stereocenters. The molecule has 0 N–H and O–H groups in total. The number of hydrogen-bond acceptors (Lipinski definition) is 3. The fraction of sp³-hybridized carbons (Fsp3) is 0.333. The second kappa shape index (κ2) is 11.2. The van der Waals surface area contributed by atoms with Crippen LogP contribution in [0.2, 0.25) is 0 Å². The monoisotopic (exact) mass is 406 g/mol. The van der Waals surface area contributed by atoms with Crippen LogP contribution in [0.25, 0.3) is 6.08 Å². The van der Waals surface area contributed by atoms with Gasteiger partial charge in [0.05, 0.1) is 17.3 Å². The van der Waals surface area contributed by atoms with Crippen molar-refractivity contribution in [1.82, 2.24) is 9.80 Å². The Kier molecular flexibility index (Phi) is 8.69. The number of nitrogens with zero attached hydrogens (tertiary/aromatic N) is 4. The van der Waals surface area contributed by atoms with Gasteiger partial charge in [0.1, 0.15) is 0 Å². The van der Waals surface area contributed by atoms with Crippen molar-refractivity contribution in [1.29, 1.82) is 5.26 Å². The maximum absolute atomic E-state index is 9.55. The first kappa shape index (κ1) is 22.4. The minimum Gasteiger partial charge on any atom is -0.342 e. The molecule has 2 rings (SSSR count). The van der Waals surface area contributed by atoms with Crippen molar-refractivity contribution >= 4 is 29.1 Å². The van der Waals surface area contributed by atoms with Gasteiger partial charge in [-0.05, 0) is 44.8 Å². The summed E-state index contributed by atoms with van der Waals surface area (Å²) in [7, 11) is 0. The Morgan fingerprint density at radius 3 is 2.59 bits per heavy atom. The third-order valence-electron chi connectivity index (χ3n) is 4.83. The Bertz CT molecular complexity index is 873. The van der Waals surface area contributed by atoms with Crippen LogP contribution in [-0.4, -0.2) is 35.4 Å². The van der Waals surface area contributed by atoms with Crippen molar-refractivity contribution in [3.63, 3.8) is 0 Å². The zero-order valence-electron chi connectivity index (χ0n) is 17.5. The highest BCUT2D eigenvalue weighted by Crippen LogP contribution is 2.27. The Morgan fingerprint density at radius 2 is 2.00 bits per heavy atom. The number of likely N-dealkylation sites (tertiary alicyclic amines) is 1. The van der Waals surface area contributed by atoms with Gasteiger partial charge in [-0.1, -0.05) is 38.0 Å².